The van der Waals surface area contributed by atoms with Crippen LogP contribution in [0.15, 0.2) is 23.6 Å². The molecule has 1 aromatic heterocycles. The second-order valence-corrected chi connectivity index (χ2v) is 4.66. The SMILES string of the molecule is Cc1ccc2scc(I)c2c1. The third kappa shape index (κ3) is 1.29. The van der Waals surface area contributed by atoms with Crippen molar-refractivity contribution in [3.8, 4) is 0 Å². The molecule has 0 radical (unpaired) electrons. The molecule has 0 spiro atoms. The molecule has 0 nitrogen and oxygen atoms in total. The van der Waals surface area contributed by atoms with E-state index in [0.29, 0.717) is 0 Å². The van der Waals surface area contributed by atoms with Gasteiger partial charge in [-0.25, -0.2) is 0 Å². The monoisotopic (exact) mass is 274 g/mol. The number of fused-ring (bicyclic) bond motifs is 1. The summed E-state index contributed by atoms with van der Waals surface area (Å²) in [7, 11) is 0. The molecule has 0 bridgehead atoms. The Kier molecular flexibility index (Phi) is 1.89. The molecule has 1 heterocycles. The van der Waals surface area contributed by atoms with Gasteiger partial charge in [-0.2, -0.15) is 0 Å². The van der Waals surface area contributed by atoms with Gasteiger partial charge in [0.15, 0.2) is 0 Å². The van der Waals surface area contributed by atoms with Crippen molar-refractivity contribution in [1.82, 2.24) is 0 Å². The van der Waals surface area contributed by atoms with Gasteiger partial charge < -0.3 is 0 Å². The highest BCUT2D eigenvalue weighted by molar-refractivity contribution is 14.1. The highest BCUT2D eigenvalue weighted by Crippen LogP contribution is 2.27. The zero-order chi connectivity index (χ0) is 7.84. The first-order valence-electron chi connectivity index (χ1n) is 3.41. The van der Waals surface area contributed by atoms with Gasteiger partial charge in [0.25, 0.3) is 0 Å². The van der Waals surface area contributed by atoms with Crippen LogP contribution in [0.3, 0.4) is 0 Å². The fourth-order valence-corrected chi connectivity index (χ4v) is 2.92. The Morgan fingerprint density at radius 1 is 1.36 bits per heavy atom. The van der Waals surface area contributed by atoms with E-state index in [-0.39, 0.29) is 0 Å². The molecule has 56 valence electrons. The summed E-state index contributed by atoms with van der Waals surface area (Å²) < 4.78 is 2.76. The Bertz CT molecular complexity index is 389. The summed E-state index contributed by atoms with van der Waals surface area (Å²) in [5.74, 6) is 0. The van der Waals surface area contributed by atoms with E-state index in [4.69, 9.17) is 0 Å². The molecule has 0 unspecified atom stereocenters. The average Bonchev–Trinajstić information content (AvgIpc) is 2.33. The molecule has 0 N–H and O–H groups in total. The first-order chi connectivity index (χ1) is 5.27. The van der Waals surface area contributed by atoms with Gasteiger partial charge in [-0.1, -0.05) is 11.6 Å². The van der Waals surface area contributed by atoms with Crippen LogP contribution in [-0.4, -0.2) is 0 Å². The van der Waals surface area contributed by atoms with E-state index in [0.717, 1.165) is 0 Å². The van der Waals surface area contributed by atoms with Crippen LogP contribution in [0.25, 0.3) is 10.1 Å². The van der Waals surface area contributed by atoms with Crippen molar-refractivity contribution in [2.45, 2.75) is 6.92 Å². The maximum absolute atomic E-state index is 2.38. The quantitative estimate of drug-likeness (QED) is 0.641. The topological polar surface area (TPSA) is 0 Å². The van der Waals surface area contributed by atoms with Gasteiger partial charge in [0.05, 0.1) is 0 Å². The Balaban J connectivity index is 2.87. The molecular weight excluding hydrogens is 267 g/mol. The van der Waals surface area contributed by atoms with Gasteiger partial charge in [0.2, 0.25) is 0 Å². The summed E-state index contributed by atoms with van der Waals surface area (Å²) in [5.41, 5.74) is 1.34. The van der Waals surface area contributed by atoms with Gasteiger partial charge in [0, 0.05) is 19.0 Å². The predicted molar refractivity (Wildman–Crippen MR) is 59.3 cm³/mol. The van der Waals surface area contributed by atoms with Crippen LogP contribution in [0.1, 0.15) is 5.56 Å². The lowest BCUT2D eigenvalue weighted by Gasteiger charge is -1.92. The zero-order valence-electron chi connectivity index (χ0n) is 6.10. The average molecular weight is 274 g/mol. The highest BCUT2D eigenvalue weighted by atomic mass is 127. The highest BCUT2D eigenvalue weighted by Gasteiger charge is 1.99. The lowest BCUT2D eigenvalue weighted by molar-refractivity contribution is 1.51. The van der Waals surface area contributed by atoms with Crippen molar-refractivity contribution in [3.05, 3.63) is 32.7 Å². The first-order valence-corrected chi connectivity index (χ1v) is 5.36. The van der Waals surface area contributed by atoms with Crippen LogP contribution >= 0.6 is 33.9 Å². The summed E-state index contributed by atoms with van der Waals surface area (Å²) in [6.07, 6.45) is 0. The minimum atomic E-state index is 1.34. The molecule has 0 aliphatic heterocycles. The van der Waals surface area contributed by atoms with Gasteiger partial charge in [-0.3, -0.25) is 0 Å². The van der Waals surface area contributed by atoms with E-state index < -0.39 is 0 Å². The third-order valence-electron chi connectivity index (χ3n) is 1.68. The number of thiophene rings is 1. The van der Waals surface area contributed by atoms with Crippen LogP contribution in [0.5, 0.6) is 0 Å². The molecule has 2 heteroatoms. The summed E-state index contributed by atoms with van der Waals surface area (Å²) in [6.45, 7) is 2.13. The molecule has 0 saturated heterocycles. The Morgan fingerprint density at radius 3 is 3.00 bits per heavy atom. The number of rotatable bonds is 0. The number of halogens is 1. The van der Waals surface area contributed by atoms with E-state index in [1.54, 1.807) is 0 Å². The van der Waals surface area contributed by atoms with Crippen molar-refractivity contribution in [3.63, 3.8) is 0 Å². The zero-order valence-corrected chi connectivity index (χ0v) is 9.07. The molecule has 0 aliphatic carbocycles. The first kappa shape index (κ1) is 7.55. The fraction of sp³-hybridized carbons (Fsp3) is 0.111. The normalized spacial score (nSPS) is 10.7. The van der Waals surface area contributed by atoms with Gasteiger partial charge >= 0.3 is 0 Å². The minimum absolute atomic E-state index is 1.34. The number of hydrogen-bond donors (Lipinski definition) is 0. The van der Waals surface area contributed by atoms with Gasteiger partial charge in [-0.15, -0.1) is 11.3 Å². The van der Waals surface area contributed by atoms with E-state index in [2.05, 4.69) is 53.1 Å². The van der Waals surface area contributed by atoms with Crippen LogP contribution in [0.4, 0.5) is 0 Å². The largest absolute Gasteiger partial charge is 0.143 e. The summed E-state index contributed by atoms with van der Waals surface area (Å²) >= 11 is 4.20. The third-order valence-corrected chi connectivity index (χ3v) is 3.96. The number of benzene rings is 1. The molecule has 0 aliphatic rings. The lowest BCUT2D eigenvalue weighted by atomic mass is 10.2. The summed E-state index contributed by atoms with van der Waals surface area (Å²) in [5, 5.41) is 3.60. The van der Waals surface area contributed by atoms with E-state index in [9.17, 15) is 0 Å². The predicted octanol–water partition coefficient (Wildman–Crippen LogP) is 3.81. The Labute approximate surface area is 83.4 Å². The smallest absolute Gasteiger partial charge is 0.0353 e. The van der Waals surface area contributed by atoms with Crippen LogP contribution < -0.4 is 0 Å². The van der Waals surface area contributed by atoms with Crippen LogP contribution in [-0.2, 0) is 0 Å². The second-order valence-electron chi connectivity index (χ2n) is 2.58. The molecule has 0 atom stereocenters. The summed E-state index contributed by atoms with van der Waals surface area (Å²) in [4.78, 5) is 0. The maximum Gasteiger partial charge on any atom is 0.0353 e. The molecular formula is C9H7IS. The van der Waals surface area contributed by atoms with Gasteiger partial charge in [0.1, 0.15) is 0 Å². The fourth-order valence-electron chi connectivity index (χ4n) is 1.11. The van der Waals surface area contributed by atoms with Crippen LogP contribution in [0.2, 0.25) is 0 Å². The molecule has 0 saturated carbocycles. The van der Waals surface area contributed by atoms with Crippen molar-refractivity contribution in [1.29, 1.82) is 0 Å². The number of hydrogen-bond acceptors (Lipinski definition) is 1. The number of aryl methyl sites for hydroxylation is 1. The van der Waals surface area contributed by atoms with E-state index >= 15 is 0 Å². The van der Waals surface area contributed by atoms with Crippen LogP contribution in [0, 0.1) is 10.5 Å². The molecule has 11 heavy (non-hydrogen) atoms. The molecule has 2 rings (SSSR count). The second kappa shape index (κ2) is 2.75. The summed E-state index contributed by atoms with van der Waals surface area (Å²) in [6, 6.07) is 6.60. The van der Waals surface area contributed by atoms with E-state index in [1.807, 2.05) is 11.3 Å². The van der Waals surface area contributed by atoms with Crippen molar-refractivity contribution >= 4 is 44.0 Å². The minimum Gasteiger partial charge on any atom is -0.143 e. The lowest BCUT2D eigenvalue weighted by Crippen LogP contribution is -1.70. The Morgan fingerprint density at radius 2 is 2.18 bits per heavy atom. The van der Waals surface area contributed by atoms with E-state index in [1.165, 1.54) is 19.2 Å². The Hall–Kier alpha value is -0.0900. The maximum atomic E-state index is 2.38. The standard InChI is InChI=1S/C9H7IS/c1-6-2-3-9-7(4-6)8(10)5-11-9/h2-5H,1H3. The van der Waals surface area contributed by atoms with Gasteiger partial charge in [-0.05, 0) is 41.6 Å². The molecule has 2 aromatic rings. The molecule has 0 fully saturated rings. The van der Waals surface area contributed by atoms with Crippen molar-refractivity contribution in [2.24, 2.45) is 0 Å². The molecule has 1 aromatic carbocycles. The molecule has 0 amide bonds. The van der Waals surface area contributed by atoms with Crippen molar-refractivity contribution in [2.75, 3.05) is 0 Å². The van der Waals surface area contributed by atoms with Crippen molar-refractivity contribution < 1.29 is 0 Å².